The first-order valence-electron chi connectivity index (χ1n) is 6.46. The predicted molar refractivity (Wildman–Crippen MR) is 82.9 cm³/mol. The zero-order chi connectivity index (χ0) is 14.7. The number of imidazole rings is 1. The van der Waals surface area contributed by atoms with Gasteiger partial charge >= 0.3 is 0 Å². The minimum absolute atomic E-state index is 0.770. The first kappa shape index (κ1) is 12.9. The van der Waals surface area contributed by atoms with E-state index in [1.54, 1.807) is 18.6 Å². The number of anilines is 2. The number of nitriles is 1. The molecule has 0 amide bonds. The maximum atomic E-state index is 8.50. The van der Waals surface area contributed by atoms with Gasteiger partial charge in [-0.3, -0.25) is 0 Å². The largest absolute Gasteiger partial charge is 0.340 e. The van der Waals surface area contributed by atoms with E-state index in [-0.39, 0.29) is 0 Å². The Kier molecular flexibility index (Phi) is 3.36. The Hall–Kier alpha value is -3.13. The SMILES string of the molecule is Cn1cnc2cnc(Nc3ccc(/C=C/C#N)cc3)cc21. The molecule has 0 spiro atoms. The zero-order valence-electron chi connectivity index (χ0n) is 11.5. The first-order valence-corrected chi connectivity index (χ1v) is 6.46. The molecule has 1 aromatic carbocycles. The summed E-state index contributed by atoms with van der Waals surface area (Å²) in [6.45, 7) is 0. The van der Waals surface area contributed by atoms with Gasteiger partial charge in [-0.05, 0) is 23.8 Å². The number of nitrogens with zero attached hydrogens (tertiary/aromatic N) is 4. The highest BCUT2D eigenvalue weighted by Crippen LogP contribution is 2.19. The summed E-state index contributed by atoms with van der Waals surface area (Å²) >= 11 is 0. The highest BCUT2D eigenvalue weighted by Gasteiger charge is 2.02. The molecular weight excluding hydrogens is 262 g/mol. The fourth-order valence-electron chi connectivity index (χ4n) is 2.06. The Bertz CT molecular complexity index is 837. The summed E-state index contributed by atoms with van der Waals surface area (Å²) in [5.41, 5.74) is 3.83. The molecule has 3 rings (SSSR count). The van der Waals surface area contributed by atoms with Gasteiger partial charge in [0.25, 0.3) is 0 Å². The number of allylic oxidation sites excluding steroid dienone is 1. The van der Waals surface area contributed by atoms with Crippen molar-refractivity contribution in [3.8, 4) is 6.07 Å². The third-order valence-electron chi connectivity index (χ3n) is 3.15. The monoisotopic (exact) mass is 275 g/mol. The molecule has 2 heterocycles. The molecule has 5 nitrogen and oxygen atoms in total. The molecule has 0 unspecified atom stereocenters. The van der Waals surface area contributed by atoms with E-state index in [0.717, 1.165) is 28.1 Å². The van der Waals surface area contributed by atoms with Crippen LogP contribution in [0.25, 0.3) is 17.1 Å². The highest BCUT2D eigenvalue weighted by atomic mass is 15.0. The number of hydrogen-bond donors (Lipinski definition) is 1. The van der Waals surface area contributed by atoms with Gasteiger partial charge in [-0.2, -0.15) is 5.26 Å². The van der Waals surface area contributed by atoms with E-state index < -0.39 is 0 Å². The fourth-order valence-corrected chi connectivity index (χ4v) is 2.06. The second-order valence-electron chi connectivity index (χ2n) is 4.62. The minimum atomic E-state index is 0.770. The normalized spacial score (nSPS) is 10.9. The van der Waals surface area contributed by atoms with Gasteiger partial charge in [0.15, 0.2) is 0 Å². The van der Waals surface area contributed by atoms with Gasteiger partial charge in [-0.25, -0.2) is 9.97 Å². The number of rotatable bonds is 3. The van der Waals surface area contributed by atoms with Gasteiger partial charge < -0.3 is 9.88 Å². The van der Waals surface area contributed by atoms with Crippen LogP contribution < -0.4 is 5.32 Å². The van der Waals surface area contributed by atoms with Gasteiger partial charge in [0, 0.05) is 24.9 Å². The minimum Gasteiger partial charge on any atom is -0.340 e. The number of aryl methyl sites for hydroxylation is 1. The van der Waals surface area contributed by atoms with E-state index in [2.05, 4.69) is 15.3 Å². The Morgan fingerprint density at radius 2 is 2.05 bits per heavy atom. The third-order valence-corrected chi connectivity index (χ3v) is 3.15. The Morgan fingerprint density at radius 3 is 2.81 bits per heavy atom. The van der Waals surface area contributed by atoms with Gasteiger partial charge in [0.1, 0.15) is 11.3 Å². The van der Waals surface area contributed by atoms with Crippen molar-refractivity contribution >= 4 is 28.6 Å². The van der Waals surface area contributed by atoms with Crippen molar-refractivity contribution in [3.05, 3.63) is 54.5 Å². The van der Waals surface area contributed by atoms with Crippen molar-refractivity contribution < 1.29 is 0 Å². The average molecular weight is 275 g/mol. The number of aromatic nitrogens is 3. The molecule has 21 heavy (non-hydrogen) atoms. The van der Waals surface area contributed by atoms with E-state index >= 15 is 0 Å². The van der Waals surface area contributed by atoms with Crippen molar-refractivity contribution in [2.75, 3.05) is 5.32 Å². The first-order chi connectivity index (χ1) is 10.3. The maximum absolute atomic E-state index is 8.50. The topological polar surface area (TPSA) is 66.5 Å². The number of fused-ring (bicyclic) bond motifs is 1. The second kappa shape index (κ2) is 5.47. The molecule has 1 N–H and O–H groups in total. The summed E-state index contributed by atoms with van der Waals surface area (Å²) in [7, 11) is 1.95. The third kappa shape index (κ3) is 2.74. The lowest BCUT2D eigenvalue weighted by Gasteiger charge is -2.06. The summed E-state index contributed by atoms with van der Waals surface area (Å²) in [4.78, 5) is 8.59. The van der Waals surface area contributed by atoms with Crippen LogP contribution in [0.15, 0.2) is 48.9 Å². The van der Waals surface area contributed by atoms with Crippen LogP contribution in [0.2, 0.25) is 0 Å². The predicted octanol–water partition coefficient (Wildman–Crippen LogP) is 3.25. The molecule has 0 aliphatic carbocycles. The van der Waals surface area contributed by atoms with E-state index in [1.807, 2.05) is 48.0 Å². The number of nitrogens with one attached hydrogen (secondary N) is 1. The smallest absolute Gasteiger partial charge is 0.132 e. The van der Waals surface area contributed by atoms with E-state index in [1.165, 1.54) is 6.08 Å². The lowest BCUT2D eigenvalue weighted by molar-refractivity contribution is 0.947. The number of pyridine rings is 1. The van der Waals surface area contributed by atoms with Crippen LogP contribution in [0, 0.1) is 11.3 Å². The van der Waals surface area contributed by atoms with Crippen LogP contribution in [-0.4, -0.2) is 14.5 Å². The molecule has 0 bridgehead atoms. The van der Waals surface area contributed by atoms with Crippen LogP contribution in [0.1, 0.15) is 5.56 Å². The molecule has 0 saturated carbocycles. The molecule has 3 aromatic rings. The Balaban J connectivity index is 1.83. The van der Waals surface area contributed by atoms with Crippen LogP contribution in [0.5, 0.6) is 0 Å². The van der Waals surface area contributed by atoms with E-state index in [9.17, 15) is 0 Å². The van der Waals surface area contributed by atoms with Crippen LogP contribution in [-0.2, 0) is 7.05 Å². The molecule has 0 fully saturated rings. The number of hydrogen-bond acceptors (Lipinski definition) is 4. The lowest BCUT2D eigenvalue weighted by atomic mass is 10.2. The molecule has 102 valence electrons. The van der Waals surface area contributed by atoms with Crippen molar-refractivity contribution in [2.24, 2.45) is 7.05 Å². The lowest BCUT2D eigenvalue weighted by Crippen LogP contribution is -1.94. The summed E-state index contributed by atoms with van der Waals surface area (Å²) < 4.78 is 1.96. The zero-order valence-corrected chi connectivity index (χ0v) is 11.5. The average Bonchev–Trinajstić information content (AvgIpc) is 2.88. The number of benzene rings is 1. The molecule has 0 aliphatic rings. The maximum Gasteiger partial charge on any atom is 0.132 e. The second-order valence-corrected chi connectivity index (χ2v) is 4.62. The van der Waals surface area contributed by atoms with Gasteiger partial charge in [-0.15, -0.1) is 0 Å². The standard InChI is InChI=1S/C16H13N5/c1-21-11-19-14-10-18-16(9-15(14)21)20-13-6-4-12(5-7-13)3-2-8-17/h2-7,9-11H,1H3,(H,18,20)/b3-2+. The van der Waals surface area contributed by atoms with E-state index in [0.29, 0.717) is 0 Å². The molecule has 0 atom stereocenters. The van der Waals surface area contributed by atoms with Gasteiger partial charge in [-0.1, -0.05) is 12.1 Å². The fraction of sp³-hybridized carbons (Fsp3) is 0.0625. The van der Waals surface area contributed by atoms with Crippen LogP contribution in [0.3, 0.4) is 0 Å². The highest BCUT2D eigenvalue weighted by molar-refractivity contribution is 5.78. The Labute approximate surface area is 122 Å². The van der Waals surface area contributed by atoms with Gasteiger partial charge in [0.2, 0.25) is 0 Å². The molecular formula is C16H13N5. The molecule has 0 aliphatic heterocycles. The van der Waals surface area contributed by atoms with Crippen molar-refractivity contribution in [2.45, 2.75) is 0 Å². The van der Waals surface area contributed by atoms with Crippen molar-refractivity contribution in [1.82, 2.24) is 14.5 Å². The van der Waals surface area contributed by atoms with Crippen molar-refractivity contribution in [3.63, 3.8) is 0 Å². The van der Waals surface area contributed by atoms with E-state index in [4.69, 9.17) is 5.26 Å². The molecule has 5 heteroatoms. The van der Waals surface area contributed by atoms with Crippen LogP contribution >= 0.6 is 0 Å². The van der Waals surface area contributed by atoms with Crippen molar-refractivity contribution in [1.29, 1.82) is 5.26 Å². The Morgan fingerprint density at radius 1 is 1.24 bits per heavy atom. The van der Waals surface area contributed by atoms with Crippen LogP contribution in [0.4, 0.5) is 11.5 Å². The quantitative estimate of drug-likeness (QED) is 0.745. The summed E-state index contributed by atoms with van der Waals surface area (Å²) in [5.74, 6) is 0.770. The molecule has 0 radical (unpaired) electrons. The summed E-state index contributed by atoms with van der Waals surface area (Å²) in [6, 6.07) is 11.7. The molecule has 2 aromatic heterocycles. The van der Waals surface area contributed by atoms with Gasteiger partial charge in [0.05, 0.1) is 24.1 Å². The summed E-state index contributed by atoms with van der Waals surface area (Å²) in [6.07, 6.45) is 6.75. The summed E-state index contributed by atoms with van der Waals surface area (Å²) in [5, 5.41) is 11.8. The molecule has 0 saturated heterocycles.